The number of likely N-dealkylation sites (N-methyl/N-ethyl adjacent to an activating group) is 1. The van der Waals surface area contributed by atoms with Gasteiger partial charge in [-0.05, 0) is 24.2 Å². The van der Waals surface area contributed by atoms with Crippen molar-refractivity contribution in [3.63, 3.8) is 0 Å². The molecule has 0 amide bonds. The molecule has 1 unspecified atom stereocenters. The van der Waals surface area contributed by atoms with Gasteiger partial charge in [0.15, 0.2) is 11.5 Å². The van der Waals surface area contributed by atoms with Crippen LogP contribution in [0.1, 0.15) is 18.5 Å². The number of piperazine rings is 1. The van der Waals surface area contributed by atoms with Crippen molar-refractivity contribution in [3.05, 3.63) is 23.8 Å². The highest BCUT2D eigenvalue weighted by Crippen LogP contribution is 2.31. The summed E-state index contributed by atoms with van der Waals surface area (Å²) in [6, 6.07) is 6.33. The zero-order valence-electron chi connectivity index (χ0n) is 13.3. The molecule has 2 rings (SSSR count). The van der Waals surface area contributed by atoms with E-state index in [9.17, 15) is 0 Å². The van der Waals surface area contributed by atoms with Crippen molar-refractivity contribution in [2.45, 2.75) is 13.0 Å². The molecule has 1 aromatic carbocycles. The quantitative estimate of drug-likeness (QED) is 0.858. The molecule has 0 saturated carbocycles. The van der Waals surface area contributed by atoms with Crippen molar-refractivity contribution < 1.29 is 9.47 Å². The van der Waals surface area contributed by atoms with Crippen molar-refractivity contribution in [2.75, 3.05) is 53.5 Å². The van der Waals surface area contributed by atoms with Crippen LogP contribution in [0, 0.1) is 0 Å². The number of ether oxygens (including phenoxy) is 2. The Labute approximate surface area is 127 Å². The van der Waals surface area contributed by atoms with Gasteiger partial charge in [0.1, 0.15) is 0 Å². The van der Waals surface area contributed by atoms with Crippen LogP contribution >= 0.6 is 0 Å². The first-order valence-electron chi connectivity index (χ1n) is 7.61. The fourth-order valence-corrected chi connectivity index (χ4v) is 2.95. The molecular formula is C16H27N3O2. The van der Waals surface area contributed by atoms with Crippen LogP contribution < -0.4 is 15.2 Å². The number of benzene rings is 1. The number of hydrogen-bond donors (Lipinski definition) is 1. The molecule has 1 atom stereocenters. The second kappa shape index (κ2) is 7.64. The van der Waals surface area contributed by atoms with Crippen LogP contribution in [0.2, 0.25) is 0 Å². The molecule has 0 aromatic heterocycles. The lowest BCUT2D eigenvalue weighted by Gasteiger charge is -2.38. The van der Waals surface area contributed by atoms with Gasteiger partial charge in [-0.25, -0.2) is 0 Å². The van der Waals surface area contributed by atoms with Gasteiger partial charge in [-0.2, -0.15) is 0 Å². The van der Waals surface area contributed by atoms with Crippen molar-refractivity contribution >= 4 is 0 Å². The maximum Gasteiger partial charge on any atom is 0.161 e. The summed E-state index contributed by atoms with van der Waals surface area (Å²) in [7, 11) is 3.32. The molecular weight excluding hydrogens is 266 g/mol. The molecule has 118 valence electrons. The minimum atomic E-state index is 0.240. The second-order valence-electron chi connectivity index (χ2n) is 5.34. The third-order valence-corrected chi connectivity index (χ3v) is 4.31. The molecule has 1 fully saturated rings. The zero-order valence-corrected chi connectivity index (χ0v) is 13.3. The third-order valence-electron chi connectivity index (χ3n) is 4.31. The van der Waals surface area contributed by atoms with Gasteiger partial charge in [-0.3, -0.25) is 4.90 Å². The van der Waals surface area contributed by atoms with Gasteiger partial charge in [0.05, 0.1) is 14.2 Å². The van der Waals surface area contributed by atoms with E-state index in [1.165, 1.54) is 5.56 Å². The van der Waals surface area contributed by atoms with Gasteiger partial charge in [-0.15, -0.1) is 0 Å². The highest BCUT2D eigenvalue weighted by molar-refractivity contribution is 5.43. The first kappa shape index (κ1) is 16.1. The molecule has 1 saturated heterocycles. The standard InChI is InChI=1S/C16H27N3O2/c1-4-18-7-9-19(10-8-18)14(12-17)13-5-6-15(20-2)16(11-13)21-3/h5-6,11,14H,4,7-10,12,17H2,1-3H3. The summed E-state index contributed by atoms with van der Waals surface area (Å²) in [6.45, 7) is 8.29. The summed E-state index contributed by atoms with van der Waals surface area (Å²) in [5, 5.41) is 0. The van der Waals surface area contributed by atoms with Crippen LogP contribution in [0.25, 0.3) is 0 Å². The highest BCUT2D eigenvalue weighted by Gasteiger charge is 2.24. The van der Waals surface area contributed by atoms with Crippen LogP contribution in [0.5, 0.6) is 11.5 Å². The van der Waals surface area contributed by atoms with Crippen LogP contribution in [0.15, 0.2) is 18.2 Å². The average molecular weight is 293 g/mol. The second-order valence-corrected chi connectivity index (χ2v) is 5.34. The molecule has 1 aliphatic heterocycles. The molecule has 0 aliphatic carbocycles. The van der Waals surface area contributed by atoms with Crippen molar-refractivity contribution in [3.8, 4) is 11.5 Å². The summed E-state index contributed by atoms with van der Waals surface area (Å²) in [4.78, 5) is 4.94. The Morgan fingerprint density at radius 1 is 1.10 bits per heavy atom. The SMILES string of the molecule is CCN1CCN(C(CN)c2ccc(OC)c(OC)c2)CC1. The largest absolute Gasteiger partial charge is 0.493 e. The molecule has 5 nitrogen and oxygen atoms in total. The first-order valence-corrected chi connectivity index (χ1v) is 7.61. The van der Waals surface area contributed by atoms with Gasteiger partial charge in [0.25, 0.3) is 0 Å². The van der Waals surface area contributed by atoms with Crippen LogP contribution in [-0.4, -0.2) is 63.3 Å². The van der Waals surface area contributed by atoms with Crippen molar-refractivity contribution in [2.24, 2.45) is 5.73 Å². The summed E-state index contributed by atoms with van der Waals surface area (Å²) < 4.78 is 10.7. The third kappa shape index (κ3) is 3.67. The monoisotopic (exact) mass is 293 g/mol. The maximum atomic E-state index is 6.04. The predicted molar refractivity (Wildman–Crippen MR) is 85.0 cm³/mol. The summed E-state index contributed by atoms with van der Waals surface area (Å²) in [5.74, 6) is 1.52. The van der Waals surface area contributed by atoms with E-state index in [4.69, 9.17) is 15.2 Å². The molecule has 21 heavy (non-hydrogen) atoms. The molecule has 1 heterocycles. The van der Waals surface area contributed by atoms with Gasteiger partial charge < -0.3 is 20.1 Å². The molecule has 1 aromatic rings. The predicted octanol–water partition coefficient (Wildman–Crippen LogP) is 1.34. The molecule has 0 spiro atoms. The van der Waals surface area contributed by atoms with Crippen LogP contribution in [0.3, 0.4) is 0 Å². The number of hydrogen-bond acceptors (Lipinski definition) is 5. The molecule has 0 radical (unpaired) electrons. The van der Waals surface area contributed by atoms with Crippen molar-refractivity contribution in [1.29, 1.82) is 0 Å². The van der Waals surface area contributed by atoms with E-state index >= 15 is 0 Å². The zero-order chi connectivity index (χ0) is 15.2. The topological polar surface area (TPSA) is 51.0 Å². The highest BCUT2D eigenvalue weighted by atomic mass is 16.5. The minimum absolute atomic E-state index is 0.240. The summed E-state index contributed by atoms with van der Waals surface area (Å²) in [5.41, 5.74) is 7.23. The molecule has 5 heteroatoms. The van der Waals surface area contributed by atoms with E-state index in [0.717, 1.165) is 44.2 Å². The van der Waals surface area contributed by atoms with E-state index in [2.05, 4.69) is 22.8 Å². The number of methoxy groups -OCH3 is 2. The Kier molecular flexibility index (Phi) is 5.85. The van der Waals surface area contributed by atoms with Gasteiger partial charge in [-0.1, -0.05) is 13.0 Å². The summed E-state index contributed by atoms with van der Waals surface area (Å²) >= 11 is 0. The average Bonchev–Trinajstić information content (AvgIpc) is 2.56. The van der Waals surface area contributed by atoms with E-state index in [0.29, 0.717) is 6.54 Å². The lowest BCUT2D eigenvalue weighted by molar-refractivity contribution is 0.102. The Balaban J connectivity index is 2.14. The normalized spacial score (nSPS) is 18.5. The smallest absolute Gasteiger partial charge is 0.161 e. The minimum Gasteiger partial charge on any atom is -0.493 e. The fourth-order valence-electron chi connectivity index (χ4n) is 2.95. The van der Waals surface area contributed by atoms with E-state index in [1.807, 2.05) is 12.1 Å². The molecule has 1 aliphatic rings. The Morgan fingerprint density at radius 3 is 2.29 bits per heavy atom. The summed E-state index contributed by atoms with van der Waals surface area (Å²) in [6.07, 6.45) is 0. The lowest BCUT2D eigenvalue weighted by Crippen LogP contribution is -2.48. The molecule has 2 N–H and O–H groups in total. The lowest BCUT2D eigenvalue weighted by atomic mass is 10.0. The molecule has 0 bridgehead atoms. The number of nitrogens with zero attached hydrogens (tertiary/aromatic N) is 2. The van der Waals surface area contributed by atoms with Gasteiger partial charge >= 0.3 is 0 Å². The fraction of sp³-hybridized carbons (Fsp3) is 0.625. The van der Waals surface area contributed by atoms with Gasteiger partial charge in [0, 0.05) is 38.8 Å². The Hall–Kier alpha value is -1.30. The Bertz CT molecular complexity index is 445. The van der Waals surface area contributed by atoms with Crippen LogP contribution in [0.4, 0.5) is 0 Å². The van der Waals surface area contributed by atoms with E-state index in [1.54, 1.807) is 14.2 Å². The van der Waals surface area contributed by atoms with Crippen molar-refractivity contribution in [1.82, 2.24) is 9.80 Å². The van der Waals surface area contributed by atoms with E-state index in [-0.39, 0.29) is 6.04 Å². The van der Waals surface area contributed by atoms with Gasteiger partial charge in [0.2, 0.25) is 0 Å². The number of nitrogens with two attached hydrogens (primary N) is 1. The maximum absolute atomic E-state index is 6.04. The first-order chi connectivity index (χ1) is 10.2. The van der Waals surface area contributed by atoms with E-state index < -0.39 is 0 Å². The Morgan fingerprint density at radius 2 is 1.76 bits per heavy atom. The number of rotatable bonds is 6. The van der Waals surface area contributed by atoms with Crippen LogP contribution in [-0.2, 0) is 0 Å².